The van der Waals surface area contributed by atoms with Gasteiger partial charge in [-0.2, -0.15) is 0 Å². The van der Waals surface area contributed by atoms with Gasteiger partial charge in [0.15, 0.2) is 0 Å². The summed E-state index contributed by atoms with van der Waals surface area (Å²) in [6, 6.07) is 0. The van der Waals surface area contributed by atoms with Crippen LogP contribution >= 0.6 is 0 Å². The maximum Gasteiger partial charge on any atom is 0.332 e. The number of ether oxygens (including phenoxy) is 3. The molecule has 0 saturated carbocycles. The molecule has 0 amide bonds. The van der Waals surface area contributed by atoms with Gasteiger partial charge in [0.25, 0.3) is 0 Å². The Labute approximate surface area is 85.5 Å². The van der Waals surface area contributed by atoms with Gasteiger partial charge in [-0.15, -0.1) is 0 Å². The Morgan fingerprint density at radius 2 is 1.93 bits per heavy atom. The third kappa shape index (κ3) is 9.48. The number of hydrogen-bond acceptors (Lipinski definition) is 4. The molecule has 0 aromatic carbocycles. The number of carbonyl (C=O) groups is 1. The zero-order valence-corrected chi connectivity index (χ0v) is 9.08. The Bertz CT molecular complexity index is 136. The van der Waals surface area contributed by atoms with Crippen molar-refractivity contribution >= 4 is 5.97 Å². The van der Waals surface area contributed by atoms with Crippen molar-refractivity contribution in [3.05, 3.63) is 0 Å². The maximum atomic E-state index is 11.0. The second-order valence-electron chi connectivity index (χ2n) is 2.97. The number of unbranched alkanes of at least 4 members (excludes halogenated alkanes) is 1. The van der Waals surface area contributed by atoms with E-state index in [1.54, 1.807) is 7.11 Å². The van der Waals surface area contributed by atoms with Crippen LogP contribution in [0.4, 0.5) is 0 Å². The van der Waals surface area contributed by atoms with Gasteiger partial charge in [0, 0.05) is 20.3 Å². The van der Waals surface area contributed by atoms with E-state index in [4.69, 9.17) is 14.2 Å². The lowest BCUT2D eigenvalue weighted by Crippen LogP contribution is -2.14. The van der Waals surface area contributed by atoms with Crippen LogP contribution in [0.5, 0.6) is 0 Å². The second kappa shape index (κ2) is 10.5. The Kier molecular flexibility index (Phi) is 10.0. The predicted molar refractivity (Wildman–Crippen MR) is 53.2 cm³/mol. The number of methoxy groups -OCH3 is 1. The summed E-state index contributed by atoms with van der Waals surface area (Å²) in [6.45, 7) is 3.79. The van der Waals surface area contributed by atoms with Gasteiger partial charge >= 0.3 is 5.97 Å². The molecular formula is C10H20O4. The van der Waals surface area contributed by atoms with Gasteiger partial charge in [-0.25, -0.2) is 4.79 Å². The van der Waals surface area contributed by atoms with Gasteiger partial charge in [-0.1, -0.05) is 13.3 Å². The Morgan fingerprint density at radius 3 is 2.57 bits per heavy atom. The Hall–Kier alpha value is -0.610. The van der Waals surface area contributed by atoms with Gasteiger partial charge in [-0.3, -0.25) is 0 Å². The van der Waals surface area contributed by atoms with Crippen LogP contribution in [0.3, 0.4) is 0 Å². The van der Waals surface area contributed by atoms with Crippen LogP contribution in [0, 0.1) is 0 Å². The van der Waals surface area contributed by atoms with E-state index in [1.807, 2.05) is 0 Å². The quantitative estimate of drug-likeness (QED) is 0.420. The highest BCUT2D eigenvalue weighted by Crippen LogP contribution is 1.90. The van der Waals surface area contributed by atoms with Crippen molar-refractivity contribution in [1.29, 1.82) is 0 Å². The van der Waals surface area contributed by atoms with Gasteiger partial charge < -0.3 is 14.2 Å². The second-order valence-corrected chi connectivity index (χ2v) is 2.97. The number of hydrogen-bond donors (Lipinski definition) is 0. The van der Waals surface area contributed by atoms with E-state index in [9.17, 15) is 4.79 Å². The third-order valence-electron chi connectivity index (χ3n) is 1.62. The first-order valence-corrected chi connectivity index (χ1v) is 5.03. The molecule has 0 fully saturated rings. The molecule has 0 aromatic rings. The molecule has 14 heavy (non-hydrogen) atoms. The molecule has 0 radical (unpaired) electrons. The number of esters is 1. The first-order chi connectivity index (χ1) is 6.81. The summed E-state index contributed by atoms with van der Waals surface area (Å²) in [5, 5.41) is 0. The Morgan fingerprint density at radius 1 is 1.14 bits per heavy atom. The van der Waals surface area contributed by atoms with Crippen molar-refractivity contribution in [2.24, 2.45) is 0 Å². The third-order valence-corrected chi connectivity index (χ3v) is 1.62. The zero-order valence-electron chi connectivity index (χ0n) is 9.08. The summed E-state index contributed by atoms with van der Waals surface area (Å²) in [6.07, 6.45) is 2.75. The lowest BCUT2D eigenvalue weighted by atomic mass is 10.4. The standard InChI is InChI=1S/C10H20O4/c1-3-4-8-14-10(11)9-13-7-5-6-12-2/h3-9H2,1-2H3. The summed E-state index contributed by atoms with van der Waals surface area (Å²) in [5.41, 5.74) is 0. The van der Waals surface area contributed by atoms with E-state index in [-0.39, 0.29) is 12.6 Å². The van der Waals surface area contributed by atoms with Gasteiger partial charge in [0.1, 0.15) is 6.61 Å². The monoisotopic (exact) mass is 204 g/mol. The molecule has 4 nitrogen and oxygen atoms in total. The molecule has 0 rings (SSSR count). The van der Waals surface area contributed by atoms with Crippen molar-refractivity contribution < 1.29 is 19.0 Å². The van der Waals surface area contributed by atoms with Gasteiger partial charge in [-0.05, 0) is 12.8 Å². The van der Waals surface area contributed by atoms with Crippen LogP contribution < -0.4 is 0 Å². The summed E-state index contributed by atoms with van der Waals surface area (Å²) < 4.78 is 14.8. The molecule has 0 heterocycles. The van der Waals surface area contributed by atoms with E-state index in [1.165, 1.54) is 0 Å². The smallest absolute Gasteiger partial charge is 0.332 e. The minimum absolute atomic E-state index is 0.0490. The highest BCUT2D eigenvalue weighted by atomic mass is 16.6. The zero-order chi connectivity index (χ0) is 10.6. The number of rotatable bonds is 9. The highest BCUT2D eigenvalue weighted by molar-refractivity contribution is 5.70. The van der Waals surface area contributed by atoms with Crippen LogP contribution in [0.1, 0.15) is 26.2 Å². The Balaban J connectivity index is 3.10. The lowest BCUT2D eigenvalue weighted by Gasteiger charge is -2.04. The van der Waals surface area contributed by atoms with Crippen molar-refractivity contribution in [3.8, 4) is 0 Å². The van der Waals surface area contributed by atoms with Crippen molar-refractivity contribution in [3.63, 3.8) is 0 Å². The molecule has 0 bridgehead atoms. The van der Waals surface area contributed by atoms with Crippen molar-refractivity contribution in [2.75, 3.05) is 33.5 Å². The van der Waals surface area contributed by atoms with E-state index < -0.39 is 0 Å². The molecule has 0 unspecified atom stereocenters. The molecular weight excluding hydrogens is 184 g/mol. The SMILES string of the molecule is CCCCOC(=O)COCCCOC. The number of carbonyl (C=O) groups excluding carboxylic acids is 1. The van der Waals surface area contributed by atoms with Crippen molar-refractivity contribution in [1.82, 2.24) is 0 Å². The molecule has 0 aliphatic carbocycles. The lowest BCUT2D eigenvalue weighted by molar-refractivity contribution is -0.149. The molecule has 0 atom stereocenters. The fourth-order valence-corrected chi connectivity index (χ4v) is 0.833. The minimum atomic E-state index is -0.282. The molecule has 4 heteroatoms. The van der Waals surface area contributed by atoms with Crippen LogP contribution in [0.15, 0.2) is 0 Å². The molecule has 0 aliphatic rings. The predicted octanol–water partition coefficient (Wildman–Crippen LogP) is 1.38. The molecule has 0 aliphatic heterocycles. The van der Waals surface area contributed by atoms with Crippen LogP contribution in [0.25, 0.3) is 0 Å². The summed E-state index contributed by atoms with van der Waals surface area (Å²) in [4.78, 5) is 11.0. The van der Waals surface area contributed by atoms with E-state index >= 15 is 0 Å². The summed E-state index contributed by atoms with van der Waals surface area (Å²) >= 11 is 0. The minimum Gasteiger partial charge on any atom is -0.464 e. The van der Waals surface area contributed by atoms with Gasteiger partial charge in [0.05, 0.1) is 6.61 Å². The summed E-state index contributed by atoms with van der Waals surface area (Å²) in [7, 11) is 1.64. The topological polar surface area (TPSA) is 44.8 Å². The van der Waals surface area contributed by atoms with Crippen LogP contribution in [0.2, 0.25) is 0 Å². The van der Waals surface area contributed by atoms with Crippen LogP contribution in [-0.2, 0) is 19.0 Å². The summed E-state index contributed by atoms with van der Waals surface area (Å²) in [5.74, 6) is -0.282. The van der Waals surface area contributed by atoms with Crippen molar-refractivity contribution in [2.45, 2.75) is 26.2 Å². The molecule has 0 saturated heterocycles. The fourth-order valence-electron chi connectivity index (χ4n) is 0.833. The average molecular weight is 204 g/mol. The van der Waals surface area contributed by atoms with E-state index in [0.717, 1.165) is 19.3 Å². The fraction of sp³-hybridized carbons (Fsp3) is 0.900. The van der Waals surface area contributed by atoms with Crippen LogP contribution in [-0.4, -0.2) is 39.5 Å². The molecule has 0 N–H and O–H groups in total. The average Bonchev–Trinajstić information content (AvgIpc) is 2.18. The first kappa shape index (κ1) is 13.4. The maximum absolute atomic E-state index is 11.0. The van der Waals surface area contributed by atoms with E-state index in [2.05, 4.69) is 6.92 Å². The van der Waals surface area contributed by atoms with E-state index in [0.29, 0.717) is 19.8 Å². The highest BCUT2D eigenvalue weighted by Gasteiger charge is 2.01. The molecule has 0 spiro atoms. The van der Waals surface area contributed by atoms with Gasteiger partial charge in [0.2, 0.25) is 0 Å². The molecule has 84 valence electrons. The largest absolute Gasteiger partial charge is 0.464 e. The normalized spacial score (nSPS) is 10.1. The molecule has 0 aromatic heterocycles. The first-order valence-electron chi connectivity index (χ1n) is 5.03.